The minimum Gasteiger partial charge on any atom is -0.350 e. The van der Waals surface area contributed by atoms with Crippen molar-refractivity contribution in [2.24, 2.45) is 0 Å². The number of benzene rings is 2. The fourth-order valence-corrected chi connectivity index (χ4v) is 3.64. The summed E-state index contributed by atoms with van der Waals surface area (Å²) in [5.74, 6) is -0.0935. The maximum atomic E-state index is 13.0. The Kier molecular flexibility index (Phi) is 4.47. The quantitative estimate of drug-likeness (QED) is 0.597. The Labute approximate surface area is 162 Å². The molecular formula is C22H22N4O2. The van der Waals surface area contributed by atoms with Crippen molar-refractivity contribution in [3.05, 3.63) is 81.8 Å². The third-order valence-electron chi connectivity index (χ3n) is 5.15. The van der Waals surface area contributed by atoms with Gasteiger partial charge in [0.1, 0.15) is 6.04 Å². The summed E-state index contributed by atoms with van der Waals surface area (Å²) in [5, 5.41) is 3.88. The van der Waals surface area contributed by atoms with E-state index in [1.807, 2.05) is 78.5 Å². The van der Waals surface area contributed by atoms with E-state index in [2.05, 4.69) is 10.3 Å². The van der Waals surface area contributed by atoms with Gasteiger partial charge in [0.25, 0.3) is 5.56 Å². The van der Waals surface area contributed by atoms with Crippen molar-refractivity contribution in [2.45, 2.75) is 33.4 Å². The fraction of sp³-hybridized carbons (Fsp3) is 0.227. The Balaban J connectivity index is 1.76. The Morgan fingerprint density at radius 1 is 1.11 bits per heavy atom. The van der Waals surface area contributed by atoms with Gasteiger partial charge in [0, 0.05) is 23.7 Å². The number of carbonyl (C=O) groups is 1. The first-order valence-electron chi connectivity index (χ1n) is 9.29. The van der Waals surface area contributed by atoms with Gasteiger partial charge in [-0.3, -0.25) is 14.3 Å². The highest BCUT2D eigenvalue weighted by molar-refractivity contribution is 5.94. The molecule has 2 aromatic carbocycles. The summed E-state index contributed by atoms with van der Waals surface area (Å²) in [4.78, 5) is 29.1. The van der Waals surface area contributed by atoms with Crippen LogP contribution in [0, 0.1) is 13.8 Å². The molecule has 0 bridgehead atoms. The number of rotatable bonds is 4. The van der Waals surface area contributed by atoms with Crippen molar-refractivity contribution >= 4 is 22.5 Å². The smallest absolute Gasteiger partial charge is 0.273 e. The lowest BCUT2D eigenvalue weighted by molar-refractivity contribution is -0.124. The predicted molar refractivity (Wildman–Crippen MR) is 109 cm³/mol. The SMILES string of the molecule is Cc1ccccc1CNC(=O)[C@@H](C)n1c2ccccc2c2nc(=O)cc(C)n21. The average Bonchev–Trinajstić information content (AvgIpc) is 3.01. The number of aromatic nitrogens is 3. The molecule has 4 rings (SSSR count). The highest BCUT2D eigenvalue weighted by atomic mass is 16.2. The van der Waals surface area contributed by atoms with Gasteiger partial charge in [-0.25, -0.2) is 4.52 Å². The molecule has 28 heavy (non-hydrogen) atoms. The van der Waals surface area contributed by atoms with Crippen molar-refractivity contribution in [1.29, 1.82) is 0 Å². The minimum atomic E-state index is -0.477. The van der Waals surface area contributed by atoms with Crippen LogP contribution in [-0.4, -0.2) is 20.1 Å². The third kappa shape index (κ3) is 2.97. The Morgan fingerprint density at radius 2 is 1.82 bits per heavy atom. The summed E-state index contributed by atoms with van der Waals surface area (Å²) in [7, 11) is 0. The highest BCUT2D eigenvalue weighted by Crippen LogP contribution is 2.25. The lowest BCUT2D eigenvalue weighted by Gasteiger charge is -2.18. The third-order valence-corrected chi connectivity index (χ3v) is 5.15. The Morgan fingerprint density at radius 3 is 2.61 bits per heavy atom. The first-order valence-corrected chi connectivity index (χ1v) is 9.29. The van der Waals surface area contributed by atoms with Gasteiger partial charge in [-0.1, -0.05) is 36.4 Å². The number of hydrogen-bond acceptors (Lipinski definition) is 3. The number of para-hydroxylation sites is 1. The van der Waals surface area contributed by atoms with Crippen LogP contribution in [0.3, 0.4) is 0 Å². The molecule has 0 radical (unpaired) electrons. The number of hydrogen-bond donors (Lipinski definition) is 1. The minimum absolute atomic E-state index is 0.0935. The zero-order chi connectivity index (χ0) is 19.8. The molecule has 1 atom stereocenters. The van der Waals surface area contributed by atoms with Crippen LogP contribution in [0.25, 0.3) is 16.6 Å². The van der Waals surface area contributed by atoms with Crippen molar-refractivity contribution in [3.8, 4) is 0 Å². The normalized spacial score (nSPS) is 12.4. The maximum Gasteiger partial charge on any atom is 0.273 e. The van der Waals surface area contributed by atoms with Crippen LogP contribution in [0.5, 0.6) is 0 Å². The number of nitrogens with one attached hydrogen (secondary N) is 1. The summed E-state index contributed by atoms with van der Waals surface area (Å²) in [6, 6.07) is 16.7. The van der Waals surface area contributed by atoms with Gasteiger partial charge in [0.15, 0.2) is 5.65 Å². The first-order chi connectivity index (χ1) is 13.5. The molecule has 0 saturated carbocycles. The summed E-state index contributed by atoms with van der Waals surface area (Å²) in [6.07, 6.45) is 0. The molecule has 0 aliphatic carbocycles. The summed E-state index contributed by atoms with van der Waals surface area (Å²) >= 11 is 0. The number of nitrogens with zero attached hydrogens (tertiary/aromatic N) is 3. The molecule has 2 heterocycles. The van der Waals surface area contributed by atoms with E-state index in [0.717, 1.165) is 27.7 Å². The molecule has 2 aromatic heterocycles. The summed E-state index contributed by atoms with van der Waals surface area (Å²) in [6.45, 7) is 6.21. The van der Waals surface area contributed by atoms with Gasteiger partial charge in [-0.2, -0.15) is 4.98 Å². The zero-order valence-corrected chi connectivity index (χ0v) is 16.1. The second-order valence-electron chi connectivity index (χ2n) is 7.05. The van der Waals surface area contributed by atoms with Crippen LogP contribution in [-0.2, 0) is 11.3 Å². The van der Waals surface area contributed by atoms with Crippen molar-refractivity contribution in [3.63, 3.8) is 0 Å². The van der Waals surface area contributed by atoms with Gasteiger partial charge in [-0.15, -0.1) is 0 Å². The van der Waals surface area contributed by atoms with E-state index in [0.29, 0.717) is 12.2 Å². The first kappa shape index (κ1) is 18.0. The zero-order valence-electron chi connectivity index (χ0n) is 16.1. The second kappa shape index (κ2) is 6.96. The van der Waals surface area contributed by atoms with Crippen molar-refractivity contribution in [1.82, 2.24) is 19.5 Å². The van der Waals surface area contributed by atoms with Crippen LogP contribution in [0.4, 0.5) is 0 Å². The summed E-state index contributed by atoms with van der Waals surface area (Å²) < 4.78 is 3.75. The molecule has 6 heteroatoms. The molecule has 0 saturated heterocycles. The van der Waals surface area contributed by atoms with Gasteiger partial charge in [-0.05, 0) is 44.0 Å². The van der Waals surface area contributed by atoms with Crippen LogP contribution >= 0.6 is 0 Å². The molecular weight excluding hydrogens is 352 g/mol. The molecule has 0 aliphatic heterocycles. The van der Waals surface area contributed by atoms with Crippen LogP contribution < -0.4 is 10.9 Å². The van der Waals surface area contributed by atoms with E-state index in [1.165, 1.54) is 6.07 Å². The van der Waals surface area contributed by atoms with E-state index in [4.69, 9.17) is 0 Å². The fourth-order valence-electron chi connectivity index (χ4n) is 3.64. The van der Waals surface area contributed by atoms with E-state index < -0.39 is 6.04 Å². The standard InChI is InChI=1S/C22H22N4O2/c1-14-8-4-5-9-17(14)13-23-22(28)16(3)26-19-11-7-6-10-18(19)21-24-20(27)12-15(2)25(21)26/h4-12,16H,13H2,1-3H3,(H,23,28)/t16-/m1/s1. The molecule has 1 N–H and O–H groups in total. The molecule has 0 spiro atoms. The lowest BCUT2D eigenvalue weighted by Crippen LogP contribution is -2.32. The van der Waals surface area contributed by atoms with E-state index >= 15 is 0 Å². The number of amides is 1. The highest BCUT2D eigenvalue weighted by Gasteiger charge is 2.22. The molecule has 0 aliphatic rings. The summed E-state index contributed by atoms with van der Waals surface area (Å²) in [5.41, 5.74) is 4.12. The lowest BCUT2D eigenvalue weighted by atomic mass is 10.1. The van der Waals surface area contributed by atoms with Gasteiger partial charge < -0.3 is 5.32 Å². The van der Waals surface area contributed by atoms with E-state index in [9.17, 15) is 9.59 Å². The van der Waals surface area contributed by atoms with Crippen molar-refractivity contribution in [2.75, 3.05) is 0 Å². The molecule has 6 nitrogen and oxygen atoms in total. The average molecular weight is 374 g/mol. The number of carbonyl (C=O) groups excluding carboxylic acids is 1. The topological polar surface area (TPSA) is 68.4 Å². The maximum absolute atomic E-state index is 13.0. The largest absolute Gasteiger partial charge is 0.350 e. The van der Waals surface area contributed by atoms with Crippen LogP contribution in [0.1, 0.15) is 29.8 Å². The second-order valence-corrected chi connectivity index (χ2v) is 7.05. The predicted octanol–water partition coefficient (Wildman–Crippen LogP) is 3.14. The van der Waals surface area contributed by atoms with Crippen molar-refractivity contribution < 1.29 is 4.79 Å². The molecule has 1 amide bonds. The Bertz CT molecular complexity index is 1250. The van der Waals surface area contributed by atoms with Crippen LogP contribution in [0.2, 0.25) is 0 Å². The monoisotopic (exact) mass is 374 g/mol. The molecule has 0 fully saturated rings. The van der Waals surface area contributed by atoms with Gasteiger partial charge in [0.05, 0.1) is 5.52 Å². The molecule has 142 valence electrons. The van der Waals surface area contributed by atoms with E-state index in [1.54, 1.807) is 0 Å². The molecule has 0 unspecified atom stereocenters. The van der Waals surface area contributed by atoms with Crippen LogP contribution in [0.15, 0.2) is 59.4 Å². The number of fused-ring (bicyclic) bond motifs is 3. The van der Waals surface area contributed by atoms with Gasteiger partial charge >= 0.3 is 0 Å². The van der Waals surface area contributed by atoms with Gasteiger partial charge in [0.2, 0.25) is 5.91 Å². The van der Waals surface area contributed by atoms with E-state index in [-0.39, 0.29) is 11.5 Å². The Hall–Kier alpha value is -3.41. The number of aryl methyl sites for hydroxylation is 2. The molecule has 4 aromatic rings.